The molecular weight excluding hydrogens is 676 g/mol. The zero-order chi connectivity index (χ0) is 33.3. The quantitative estimate of drug-likeness (QED) is 0.135. The van der Waals surface area contributed by atoms with Crippen LogP contribution in [0, 0.1) is 6.92 Å². The number of nitrogens with zero attached hydrogens (tertiary/aromatic N) is 2. The highest BCUT2D eigenvalue weighted by molar-refractivity contribution is 9.10. The number of rotatable bonds is 13. The monoisotopic (exact) mass is 708 g/mol. The van der Waals surface area contributed by atoms with Crippen LogP contribution in [-0.2, 0) is 26.2 Å². The molecular formula is C33H33BrN4O7S. The molecule has 4 aromatic carbocycles. The fourth-order valence-electron chi connectivity index (χ4n) is 4.24. The Morgan fingerprint density at radius 3 is 2.22 bits per heavy atom. The number of sulfonamides is 1. The van der Waals surface area contributed by atoms with Gasteiger partial charge in [0.05, 0.1) is 35.5 Å². The highest BCUT2D eigenvalue weighted by Crippen LogP contribution is 2.37. The number of carbonyl (C=O) groups excluding carboxylic acids is 2. The summed E-state index contributed by atoms with van der Waals surface area (Å²) in [5.41, 5.74) is 5.81. The van der Waals surface area contributed by atoms with Gasteiger partial charge in [-0.25, -0.2) is 13.8 Å². The molecule has 0 spiro atoms. The third-order valence-corrected chi connectivity index (χ3v) is 8.95. The summed E-state index contributed by atoms with van der Waals surface area (Å²) in [5, 5.41) is 6.63. The lowest BCUT2D eigenvalue weighted by Crippen LogP contribution is -2.39. The van der Waals surface area contributed by atoms with E-state index in [-0.39, 0.29) is 16.5 Å². The molecule has 0 radical (unpaired) electrons. The number of halogens is 1. The maximum absolute atomic E-state index is 13.7. The highest BCUT2D eigenvalue weighted by atomic mass is 79.9. The van der Waals surface area contributed by atoms with Gasteiger partial charge in [-0.3, -0.25) is 13.9 Å². The van der Waals surface area contributed by atoms with E-state index >= 15 is 0 Å². The number of carbonyl (C=O) groups is 2. The van der Waals surface area contributed by atoms with Crippen LogP contribution < -0.4 is 29.3 Å². The first kappa shape index (κ1) is 34.0. The van der Waals surface area contributed by atoms with Gasteiger partial charge >= 0.3 is 0 Å². The first-order valence-corrected chi connectivity index (χ1v) is 16.2. The lowest BCUT2D eigenvalue weighted by molar-refractivity contribution is -0.119. The van der Waals surface area contributed by atoms with Gasteiger partial charge in [-0.2, -0.15) is 5.10 Å². The zero-order valence-electron chi connectivity index (χ0n) is 25.6. The number of ether oxygens (including phenoxy) is 3. The molecule has 2 amide bonds. The van der Waals surface area contributed by atoms with E-state index < -0.39 is 22.5 Å². The first-order chi connectivity index (χ1) is 22.0. The van der Waals surface area contributed by atoms with Crippen LogP contribution in [0.3, 0.4) is 0 Å². The summed E-state index contributed by atoms with van der Waals surface area (Å²) in [7, 11) is -1.20. The molecule has 0 aliphatic heterocycles. The molecule has 46 heavy (non-hydrogen) atoms. The summed E-state index contributed by atoms with van der Waals surface area (Å²) in [5.74, 6) is 0.503. The predicted molar refractivity (Wildman–Crippen MR) is 180 cm³/mol. The van der Waals surface area contributed by atoms with Crippen LogP contribution in [-0.4, -0.2) is 47.2 Å². The summed E-state index contributed by atoms with van der Waals surface area (Å²) < 4.78 is 45.7. The molecule has 4 aromatic rings. The molecule has 0 heterocycles. The van der Waals surface area contributed by atoms with Gasteiger partial charge in [-0.1, -0.05) is 29.8 Å². The summed E-state index contributed by atoms with van der Waals surface area (Å²) >= 11 is 3.52. The van der Waals surface area contributed by atoms with E-state index in [2.05, 4.69) is 31.8 Å². The fourth-order valence-corrected chi connectivity index (χ4v) is 6.24. The molecule has 2 N–H and O–H groups in total. The number of nitrogens with one attached hydrogen (secondary N) is 2. The molecule has 11 nitrogen and oxygen atoms in total. The number of hydrogen-bond acceptors (Lipinski definition) is 8. The molecule has 4 rings (SSSR count). The largest absolute Gasteiger partial charge is 0.497 e. The molecule has 0 bridgehead atoms. The molecule has 0 atom stereocenters. The van der Waals surface area contributed by atoms with Crippen molar-refractivity contribution < 1.29 is 32.2 Å². The summed E-state index contributed by atoms with van der Waals surface area (Å²) in [6, 6.07) is 23.3. The van der Waals surface area contributed by atoms with Crippen molar-refractivity contribution in [2.24, 2.45) is 5.10 Å². The van der Waals surface area contributed by atoms with Gasteiger partial charge in [0.2, 0.25) is 5.91 Å². The van der Waals surface area contributed by atoms with Crippen molar-refractivity contribution in [1.82, 2.24) is 5.43 Å². The fraction of sp³-hybridized carbons (Fsp3) is 0.182. The Kier molecular flexibility index (Phi) is 11.4. The molecule has 0 saturated carbocycles. The number of hydrazone groups is 1. The van der Waals surface area contributed by atoms with E-state index in [1.807, 2.05) is 31.2 Å². The summed E-state index contributed by atoms with van der Waals surface area (Å²) in [4.78, 5) is 24.3. The van der Waals surface area contributed by atoms with E-state index in [9.17, 15) is 18.0 Å². The molecule has 0 saturated heterocycles. The Morgan fingerprint density at radius 2 is 1.61 bits per heavy atom. The minimum atomic E-state index is -4.21. The van der Waals surface area contributed by atoms with Gasteiger partial charge in [-0.15, -0.1) is 0 Å². The Morgan fingerprint density at radius 1 is 0.935 bits per heavy atom. The topological polar surface area (TPSA) is 136 Å². The van der Waals surface area contributed by atoms with Crippen LogP contribution in [0.2, 0.25) is 0 Å². The average Bonchev–Trinajstić information content (AvgIpc) is 3.03. The van der Waals surface area contributed by atoms with Crippen molar-refractivity contribution in [3.05, 3.63) is 106 Å². The van der Waals surface area contributed by atoms with Gasteiger partial charge in [0.15, 0.2) is 11.5 Å². The Balaban J connectivity index is 1.50. The molecule has 13 heteroatoms. The molecule has 0 aliphatic carbocycles. The highest BCUT2D eigenvalue weighted by Gasteiger charge is 2.27. The lowest BCUT2D eigenvalue weighted by atomic mass is 10.2. The Hall–Kier alpha value is -4.88. The summed E-state index contributed by atoms with van der Waals surface area (Å²) in [6.45, 7) is 3.14. The SMILES string of the molecule is COc1ccc(N(CC(=O)N/N=C\c2cc(Br)c(OCc3ccc(C)cc3)c(OC)c2)S(=O)(=O)c2ccc(NC(C)=O)cc2)cc1. The van der Waals surface area contributed by atoms with Gasteiger partial charge in [0.1, 0.15) is 18.9 Å². The van der Waals surface area contributed by atoms with Crippen molar-refractivity contribution in [2.45, 2.75) is 25.3 Å². The van der Waals surface area contributed by atoms with Gasteiger partial charge < -0.3 is 19.5 Å². The van der Waals surface area contributed by atoms with Crippen LogP contribution in [0.25, 0.3) is 0 Å². The van der Waals surface area contributed by atoms with Crippen molar-refractivity contribution in [1.29, 1.82) is 0 Å². The number of methoxy groups -OCH3 is 2. The van der Waals surface area contributed by atoms with Crippen molar-refractivity contribution in [3.63, 3.8) is 0 Å². The predicted octanol–water partition coefficient (Wildman–Crippen LogP) is 5.66. The molecule has 0 fully saturated rings. The van der Waals surface area contributed by atoms with E-state index in [0.29, 0.717) is 39.6 Å². The van der Waals surface area contributed by atoms with Crippen LogP contribution in [0.4, 0.5) is 11.4 Å². The average molecular weight is 710 g/mol. The maximum atomic E-state index is 13.7. The molecule has 240 valence electrons. The Bertz CT molecular complexity index is 1810. The van der Waals surface area contributed by atoms with Gasteiger partial charge in [0.25, 0.3) is 15.9 Å². The minimum Gasteiger partial charge on any atom is -0.497 e. The molecule has 0 aliphatic rings. The van der Waals surface area contributed by atoms with E-state index in [1.165, 1.54) is 63.8 Å². The third-order valence-electron chi connectivity index (χ3n) is 6.57. The smallest absolute Gasteiger partial charge is 0.264 e. The van der Waals surface area contributed by atoms with Gasteiger partial charge in [0, 0.05) is 12.6 Å². The van der Waals surface area contributed by atoms with E-state index in [1.54, 1.807) is 24.3 Å². The lowest BCUT2D eigenvalue weighted by Gasteiger charge is -2.24. The van der Waals surface area contributed by atoms with Crippen molar-refractivity contribution in [3.8, 4) is 17.2 Å². The molecule has 0 unspecified atom stereocenters. The van der Waals surface area contributed by atoms with E-state index in [4.69, 9.17) is 14.2 Å². The molecule has 0 aromatic heterocycles. The van der Waals surface area contributed by atoms with Crippen molar-refractivity contribution >= 4 is 55.4 Å². The van der Waals surface area contributed by atoms with Gasteiger partial charge in [-0.05, 0) is 94.6 Å². The second kappa shape index (κ2) is 15.4. The number of aryl methyl sites for hydroxylation is 1. The minimum absolute atomic E-state index is 0.0737. The Labute approximate surface area is 276 Å². The number of amides is 2. The normalized spacial score (nSPS) is 11.2. The standard InChI is InChI=1S/C33H33BrN4O7S/c1-22-5-7-24(8-6-22)21-45-33-30(34)17-25(18-31(33)44-4)19-35-37-32(40)20-38(27-11-13-28(43-3)14-12-27)46(41,42)29-15-9-26(10-16-29)36-23(2)39/h5-19H,20-21H2,1-4H3,(H,36,39)(H,37,40)/b35-19-. The van der Waals surface area contributed by atoms with Crippen LogP contribution in [0.15, 0.2) is 99.4 Å². The second-order valence-electron chi connectivity index (χ2n) is 10.0. The zero-order valence-corrected chi connectivity index (χ0v) is 28.0. The second-order valence-corrected chi connectivity index (χ2v) is 12.7. The van der Waals surface area contributed by atoms with E-state index in [0.717, 1.165) is 15.4 Å². The van der Waals surface area contributed by atoms with Crippen LogP contribution in [0.1, 0.15) is 23.6 Å². The van der Waals surface area contributed by atoms with Crippen LogP contribution in [0.5, 0.6) is 17.2 Å². The maximum Gasteiger partial charge on any atom is 0.264 e. The number of benzene rings is 4. The first-order valence-electron chi connectivity index (χ1n) is 13.9. The number of anilines is 2. The third kappa shape index (κ3) is 8.86. The van der Waals surface area contributed by atoms with Crippen LogP contribution >= 0.6 is 15.9 Å². The number of hydrogen-bond donors (Lipinski definition) is 2. The summed E-state index contributed by atoms with van der Waals surface area (Å²) in [6.07, 6.45) is 1.40. The van der Waals surface area contributed by atoms with Crippen molar-refractivity contribution in [2.75, 3.05) is 30.4 Å².